The molecule has 12 aromatic rings. The molecule has 0 aliphatic rings. The summed E-state index contributed by atoms with van der Waals surface area (Å²) in [5.41, 5.74) is 17.7. The third-order valence-electron chi connectivity index (χ3n) is 21.0. The molecule has 0 radical (unpaired) electrons. The molecule has 149 heavy (non-hydrogen) atoms. The summed E-state index contributed by atoms with van der Waals surface area (Å²) in [6, 6.07) is 64.1. The Bertz CT molecular complexity index is 5950. The van der Waals surface area contributed by atoms with Crippen LogP contribution in [0.5, 0.6) is 34.5 Å². The molecule has 0 aromatic heterocycles. The second-order valence-electron chi connectivity index (χ2n) is 39.0. The number of hydrogen-bond acceptors (Lipinski definition) is 12. The van der Waals surface area contributed by atoms with Crippen LogP contribution >= 0.6 is 163 Å². The van der Waals surface area contributed by atoms with Gasteiger partial charge in [-0.15, -0.1) is 0 Å². The number of halogens is 16. The van der Waals surface area contributed by atoms with Crippen molar-refractivity contribution in [1.29, 1.82) is 0 Å². The number of hydrogen-bond donors (Lipinski definition) is 6. The number of phenolic OH excluding ortho intramolecular Hbond substituents is 6. The molecule has 0 heterocycles. The van der Waals surface area contributed by atoms with E-state index < -0.39 is 102 Å². The van der Waals surface area contributed by atoms with Crippen LogP contribution in [-0.2, 0) is 158 Å². The molecule has 6 N–H and O–H groups in total. The Morgan fingerprint density at radius 3 is 0.805 bits per heavy atom. The summed E-state index contributed by atoms with van der Waals surface area (Å²) in [4.78, 5) is 12.4. The predicted octanol–water partition coefficient (Wildman–Crippen LogP) is 27.4. The van der Waals surface area contributed by atoms with E-state index in [0.29, 0.717) is 112 Å². The average molecular weight is 2610 g/mol. The predicted molar refractivity (Wildman–Crippen MR) is 636 cm³/mol. The Kier molecular flexibility index (Phi) is 76.4. The SMILES string of the molecule is CN(C)Cc1cc(F)ccc1Pc1ccccc1O.Cc1cc(C)c(O)c(Pc2ccc(F)cc2CN(C)C)c1.Cc1ccc(O)c(Pc2ccc(F)cc2CN(C)C)c1.Cc1ccc(Pc2cc(C(C)(C)C)cc(C(C)(C)C)c2O)c(CN(C)C)c1.Cc1ccc(Pc2cc(C(C)(C)C)cc(C)c2O)c(CN(C)C)c1.Cc1cccc(Pc2ccc(F)cc2CN(C)C)c1O.[Cl][Ti][Cl].[Cl][Ti][Cl].[Cl][Ti][Cl].[Cl][Ti][Cl].[Cl][Ti][Cl].[Cl][Ti][Cl]. The molecule has 0 fully saturated rings. The van der Waals surface area contributed by atoms with Crippen LogP contribution in [0, 0.1) is 71.7 Å². The van der Waals surface area contributed by atoms with Crippen molar-refractivity contribution in [3.63, 3.8) is 0 Å². The molecule has 12 aromatic carbocycles. The second kappa shape index (κ2) is 77.8. The molecule has 12 nitrogen and oxygen atoms in total. The van der Waals surface area contributed by atoms with Crippen LogP contribution < -0.4 is 63.7 Å². The van der Waals surface area contributed by atoms with Gasteiger partial charge < -0.3 is 60.0 Å². The Morgan fingerprint density at radius 1 is 0.228 bits per heavy atom. The summed E-state index contributed by atoms with van der Waals surface area (Å²) in [5, 5.41) is 74.4. The normalized spacial score (nSPS) is 11.2. The van der Waals surface area contributed by atoms with Gasteiger partial charge in [0.05, 0.1) is 0 Å². The zero-order valence-corrected chi connectivity index (χ0v) is 114. The van der Waals surface area contributed by atoms with Gasteiger partial charge in [0.1, 0.15) is 57.8 Å². The van der Waals surface area contributed by atoms with E-state index in [1.807, 2.05) is 183 Å². The van der Waals surface area contributed by atoms with E-state index in [1.54, 1.807) is 48.5 Å². The molecule has 6 unspecified atom stereocenters. The number of para-hydroxylation sites is 2. The van der Waals surface area contributed by atoms with Gasteiger partial charge in [-0.05, 0) is 333 Å². The van der Waals surface area contributed by atoms with Crippen LogP contribution in [0.3, 0.4) is 0 Å². The van der Waals surface area contributed by atoms with Crippen molar-refractivity contribution in [2.24, 2.45) is 0 Å². The number of nitrogens with zero attached hydrogens (tertiary/aromatic N) is 6. The molecule has 810 valence electrons. The summed E-state index contributed by atoms with van der Waals surface area (Å²) < 4.78 is 53.7. The molecule has 6 atom stereocenters. The number of benzene rings is 12. The summed E-state index contributed by atoms with van der Waals surface area (Å²) in [7, 11) is 84.9. The van der Waals surface area contributed by atoms with E-state index in [4.69, 9.17) is 112 Å². The maximum absolute atomic E-state index is 13.5. The van der Waals surface area contributed by atoms with Gasteiger partial charge in [-0.3, -0.25) is 0 Å². The summed E-state index contributed by atoms with van der Waals surface area (Å²) in [6.07, 6.45) is 0. The van der Waals surface area contributed by atoms with E-state index >= 15 is 0 Å². The molecule has 0 bridgehead atoms. The van der Waals surface area contributed by atoms with Crippen LogP contribution in [0.4, 0.5) is 17.6 Å². The van der Waals surface area contributed by atoms with Crippen molar-refractivity contribution in [3.05, 3.63) is 319 Å². The molecule has 0 spiro atoms. The Labute approximate surface area is 998 Å². The maximum atomic E-state index is 13.5. The molecular formula is C109H142Cl12F4N6O6P6Ti6. The van der Waals surface area contributed by atoms with Gasteiger partial charge in [0.2, 0.25) is 0 Å². The Hall–Kier alpha value is -0.734. The van der Waals surface area contributed by atoms with Crippen molar-refractivity contribution < 1.29 is 150 Å². The monoisotopic (exact) mass is 2600 g/mol. The number of rotatable bonds is 24. The molecule has 0 saturated carbocycles. The van der Waals surface area contributed by atoms with Gasteiger partial charge in [-0.1, -0.05) is 252 Å². The van der Waals surface area contributed by atoms with Gasteiger partial charge in [-0.2, -0.15) is 0 Å². The van der Waals surface area contributed by atoms with Gasteiger partial charge in [-0.25, -0.2) is 17.6 Å². The van der Waals surface area contributed by atoms with Crippen molar-refractivity contribution in [1.82, 2.24) is 29.4 Å². The zero-order valence-electron chi connectivity index (χ0n) is 89.8. The summed E-state index contributed by atoms with van der Waals surface area (Å²) in [6.45, 7) is 38.5. The van der Waals surface area contributed by atoms with E-state index in [0.717, 1.165) is 122 Å². The van der Waals surface area contributed by atoms with E-state index in [9.17, 15) is 48.2 Å². The van der Waals surface area contributed by atoms with Crippen molar-refractivity contribution in [2.75, 3.05) is 84.6 Å². The van der Waals surface area contributed by atoms with E-state index in [-0.39, 0.29) is 39.5 Å². The van der Waals surface area contributed by atoms with Crippen LogP contribution in [0.25, 0.3) is 0 Å². The third-order valence-corrected chi connectivity index (χ3v) is 29.5. The summed E-state index contributed by atoms with van der Waals surface area (Å²) in [5.74, 6) is 1.31. The number of aryl methyl sites for hydroxylation is 7. The van der Waals surface area contributed by atoms with Gasteiger partial charge in [0, 0.05) is 76.7 Å². The van der Waals surface area contributed by atoms with Crippen LogP contribution in [-0.4, -0.2) is 145 Å². The molecule has 40 heteroatoms. The molecule has 12 rings (SSSR count). The zero-order chi connectivity index (χ0) is 114. The van der Waals surface area contributed by atoms with Gasteiger partial charge in [0.25, 0.3) is 0 Å². The molecule has 0 saturated heterocycles. The standard InChI is InChI=1S/C24H36NOP.C21H30NOP.C17H21FNOP.2C16H19FNOP.C15H17FNOP.12ClH.6Ti/c1-16-10-11-20(17(12-16)15-25(8)9)27-21-14-18(23(2,3)4)13-19(22(21)26)24(5,6)7;1-14-8-9-18(16(10-14)13-22(6)7)24-19-12-17(21(3,4)5)11-15(2)20(19)23;1-11-7-12(2)17(20)16(8-11)21-15-6-5-14(18)9-13(15)10-19(3)4;1-11-4-6-14(19)16(8-11)20-15-7-5-13(17)9-12(15)10-18(2)3;1-11-5-4-6-15(16(11)19)20-14-8-7-13(17)9-12(14)10-18(2)3;1-17(2)10-11-9-12(16)7-8-14(11)19-15-6-4-3-5-13(15)18;;;;;;;;;;;;;;;;;;/h10-14,26-27H,15H2,1-9H3;8-12,23-24H,13H2,1-7H3;5-9,20-21H,10H2,1-4H3;2*4-9,19-20H,10H2,1-3H3;3-9,18-19H,10H2,1-2H3;12*1H;;;;;;/q;;;;;;;;;;;;;;;;;;6*+2/p-12. The first-order valence-corrected chi connectivity index (χ1v) is 78.0. The third kappa shape index (κ3) is 59.1. The van der Waals surface area contributed by atoms with Gasteiger partial charge in [0.15, 0.2) is 0 Å². The van der Waals surface area contributed by atoms with E-state index in [1.165, 1.54) is 68.3 Å². The molecule has 0 aliphatic heterocycles. The number of aromatic hydroxyl groups is 6. The minimum atomic E-state index is -0.556. The fraction of sp³-hybridized carbons (Fsp3) is 0.339. The second-order valence-corrected chi connectivity index (χ2v) is 62.4. The average Bonchev–Trinajstić information content (AvgIpc) is 0.777. The molecule has 0 aliphatic carbocycles. The molecule has 0 amide bonds. The first-order chi connectivity index (χ1) is 69.7. The fourth-order valence-corrected chi connectivity index (χ4v) is 22.0. The van der Waals surface area contributed by atoms with Crippen LogP contribution in [0.2, 0.25) is 0 Å². The quantitative estimate of drug-likeness (QED) is 0.0195. The number of phenols is 6. The molecular weight excluding hydrogens is 2460 g/mol. The van der Waals surface area contributed by atoms with Crippen LogP contribution in [0.15, 0.2) is 206 Å². The van der Waals surface area contributed by atoms with E-state index in [2.05, 4.69) is 175 Å². The Morgan fingerprint density at radius 2 is 0.477 bits per heavy atom. The van der Waals surface area contributed by atoms with Gasteiger partial charge >= 0.3 is 214 Å². The van der Waals surface area contributed by atoms with Crippen molar-refractivity contribution in [3.8, 4) is 34.5 Å². The first-order valence-electron chi connectivity index (χ1n) is 46.2. The van der Waals surface area contributed by atoms with Crippen molar-refractivity contribution >= 4 is 227 Å². The fourth-order valence-electron chi connectivity index (χ4n) is 14.3. The topological polar surface area (TPSA) is 141 Å². The minimum absolute atomic E-state index is 0.0483. The van der Waals surface area contributed by atoms with Crippen LogP contribution in [0.1, 0.15) is 151 Å². The summed E-state index contributed by atoms with van der Waals surface area (Å²) >= 11 is -3.33. The first kappa shape index (κ1) is 146. The van der Waals surface area contributed by atoms with Crippen molar-refractivity contribution in [2.45, 2.75) is 166 Å². The Balaban J connectivity index is 0.000000866.